The average molecular weight is 293 g/mol. The second-order valence-corrected chi connectivity index (χ2v) is 5.63. The lowest BCUT2D eigenvalue weighted by Gasteiger charge is -2.04. The highest BCUT2D eigenvalue weighted by atomic mass is 32.1. The van der Waals surface area contributed by atoms with Crippen LogP contribution in [0.5, 0.6) is 10.9 Å². The lowest BCUT2D eigenvalue weighted by atomic mass is 10.2. The second-order valence-electron chi connectivity index (χ2n) is 4.64. The van der Waals surface area contributed by atoms with Crippen molar-refractivity contribution >= 4 is 38.1 Å². The summed E-state index contributed by atoms with van der Waals surface area (Å²) in [4.78, 5) is 8.80. The molecule has 0 saturated carbocycles. The SMILES string of the molecule is Nc1ccc2nc(Oc3cccc4ncccc34)sc2c1. The van der Waals surface area contributed by atoms with E-state index in [2.05, 4.69) is 9.97 Å². The molecule has 0 radical (unpaired) electrons. The smallest absolute Gasteiger partial charge is 0.279 e. The van der Waals surface area contributed by atoms with Gasteiger partial charge in [0.2, 0.25) is 0 Å². The lowest BCUT2D eigenvalue weighted by Crippen LogP contribution is -1.86. The molecule has 0 aliphatic rings. The molecule has 0 saturated heterocycles. The molecule has 2 heterocycles. The average Bonchev–Trinajstić information content (AvgIpc) is 2.89. The van der Waals surface area contributed by atoms with Crippen molar-refractivity contribution in [2.45, 2.75) is 0 Å². The van der Waals surface area contributed by atoms with Crippen molar-refractivity contribution in [3.8, 4) is 10.9 Å². The Kier molecular flexibility index (Phi) is 2.72. The van der Waals surface area contributed by atoms with E-state index in [4.69, 9.17) is 10.5 Å². The monoisotopic (exact) mass is 293 g/mol. The highest BCUT2D eigenvalue weighted by molar-refractivity contribution is 7.20. The Labute approximate surface area is 124 Å². The summed E-state index contributed by atoms with van der Waals surface area (Å²) in [5, 5.41) is 1.57. The molecule has 2 aromatic carbocycles. The van der Waals surface area contributed by atoms with Crippen LogP contribution in [-0.4, -0.2) is 9.97 Å². The first-order chi connectivity index (χ1) is 10.3. The Bertz CT molecular complexity index is 943. The van der Waals surface area contributed by atoms with Crippen LogP contribution in [0.25, 0.3) is 21.1 Å². The Morgan fingerprint density at radius 1 is 1.00 bits per heavy atom. The van der Waals surface area contributed by atoms with Gasteiger partial charge in [0.15, 0.2) is 0 Å². The molecule has 0 unspecified atom stereocenters. The van der Waals surface area contributed by atoms with Gasteiger partial charge in [0.1, 0.15) is 5.75 Å². The Morgan fingerprint density at radius 3 is 2.90 bits per heavy atom. The summed E-state index contributed by atoms with van der Waals surface area (Å²) in [5.41, 5.74) is 8.31. The van der Waals surface area contributed by atoms with Crippen LogP contribution in [0.2, 0.25) is 0 Å². The van der Waals surface area contributed by atoms with Gasteiger partial charge in [-0.2, -0.15) is 0 Å². The maximum atomic E-state index is 5.94. The molecule has 4 rings (SSSR count). The highest BCUT2D eigenvalue weighted by Crippen LogP contribution is 2.34. The van der Waals surface area contributed by atoms with Gasteiger partial charge in [-0.05, 0) is 42.5 Å². The van der Waals surface area contributed by atoms with Crippen LogP contribution < -0.4 is 10.5 Å². The van der Waals surface area contributed by atoms with Gasteiger partial charge in [0, 0.05) is 17.3 Å². The molecule has 5 heteroatoms. The zero-order valence-electron chi connectivity index (χ0n) is 11.0. The zero-order chi connectivity index (χ0) is 14.2. The normalized spacial score (nSPS) is 11.0. The molecule has 21 heavy (non-hydrogen) atoms. The molecule has 0 amide bonds. The summed E-state index contributed by atoms with van der Waals surface area (Å²) in [6.07, 6.45) is 1.77. The van der Waals surface area contributed by atoms with Gasteiger partial charge in [-0.25, -0.2) is 4.98 Å². The van der Waals surface area contributed by atoms with E-state index < -0.39 is 0 Å². The van der Waals surface area contributed by atoms with Crippen LogP contribution in [-0.2, 0) is 0 Å². The van der Waals surface area contributed by atoms with E-state index in [1.165, 1.54) is 11.3 Å². The number of aromatic nitrogens is 2. The van der Waals surface area contributed by atoms with Crippen LogP contribution in [0.15, 0.2) is 54.7 Å². The summed E-state index contributed by atoms with van der Waals surface area (Å²) in [6, 6.07) is 15.3. The standard InChI is InChI=1S/C16H11N3OS/c17-10-6-7-13-15(9-10)21-16(19-13)20-14-5-1-4-12-11(14)3-2-8-18-12/h1-9H,17H2. The van der Waals surface area contributed by atoms with Gasteiger partial charge in [-0.1, -0.05) is 17.4 Å². The first-order valence-electron chi connectivity index (χ1n) is 6.47. The molecule has 4 nitrogen and oxygen atoms in total. The van der Waals surface area contributed by atoms with Crippen LogP contribution in [0.1, 0.15) is 0 Å². The molecule has 0 aliphatic carbocycles. The molecular weight excluding hydrogens is 282 g/mol. The fourth-order valence-corrected chi connectivity index (χ4v) is 3.10. The summed E-state index contributed by atoms with van der Waals surface area (Å²) in [6.45, 7) is 0. The summed E-state index contributed by atoms with van der Waals surface area (Å²) in [5.74, 6) is 0.757. The van der Waals surface area contributed by atoms with Gasteiger partial charge in [-0.15, -0.1) is 0 Å². The third-order valence-electron chi connectivity index (χ3n) is 3.20. The molecule has 2 N–H and O–H groups in total. The maximum absolute atomic E-state index is 5.94. The molecular formula is C16H11N3OS. The van der Waals surface area contributed by atoms with Gasteiger partial charge in [-0.3, -0.25) is 4.98 Å². The number of nitrogen functional groups attached to an aromatic ring is 1. The lowest BCUT2D eigenvalue weighted by molar-refractivity contribution is 0.485. The maximum Gasteiger partial charge on any atom is 0.279 e. The number of ether oxygens (including phenoxy) is 1. The first kappa shape index (κ1) is 12.1. The van der Waals surface area contributed by atoms with Crippen LogP contribution in [0, 0.1) is 0 Å². The van der Waals surface area contributed by atoms with E-state index in [1.54, 1.807) is 6.20 Å². The first-order valence-corrected chi connectivity index (χ1v) is 7.29. The van der Waals surface area contributed by atoms with Crippen molar-refractivity contribution in [3.05, 3.63) is 54.7 Å². The van der Waals surface area contributed by atoms with E-state index >= 15 is 0 Å². The van der Waals surface area contributed by atoms with Crippen molar-refractivity contribution in [3.63, 3.8) is 0 Å². The largest absolute Gasteiger partial charge is 0.430 e. The van der Waals surface area contributed by atoms with Gasteiger partial charge < -0.3 is 10.5 Å². The third-order valence-corrected chi connectivity index (χ3v) is 4.09. The number of nitrogens with two attached hydrogens (primary N) is 1. The number of fused-ring (bicyclic) bond motifs is 2. The van der Waals surface area contributed by atoms with Crippen molar-refractivity contribution < 1.29 is 4.74 Å². The number of hydrogen-bond acceptors (Lipinski definition) is 5. The second kappa shape index (κ2) is 4.71. The summed E-state index contributed by atoms with van der Waals surface area (Å²) >= 11 is 1.48. The summed E-state index contributed by atoms with van der Waals surface area (Å²) in [7, 11) is 0. The molecule has 0 spiro atoms. The molecule has 102 valence electrons. The number of hydrogen-bond donors (Lipinski definition) is 1. The molecule has 2 aromatic heterocycles. The number of rotatable bonds is 2. The van der Waals surface area contributed by atoms with Gasteiger partial charge in [0.05, 0.1) is 15.7 Å². The quantitative estimate of drug-likeness (QED) is 0.562. The minimum Gasteiger partial charge on any atom is -0.430 e. The summed E-state index contributed by atoms with van der Waals surface area (Å²) < 4.78 is 6.96. The minimum atomic E-state index is 0.604. The predicted octanol–water partition coefficient (Wildman–Crippen LogP) is 4.22. The highest BCUT2D eigenvalue weighted by Gasteiger charge is 2.08. The Hall–Kier alpha value is -2.66. The number of benzene rings is 2. The van der Waals surface area contributed by atoms with Crippen LogP contribution >= 0.6 is 11.3 Å². The zero-order valence-corrected chi connectivity index (χ0v) is 11.8. The molecule has 0 aliphatic heterocycles. The fourth-order valence-electron chi connectivity index (χ4n) is 2.22. The third kappa shape index (κ3) is 2.17. The molecule has 0 atom stereocenters. The number of nitrogens with zero attached hydrogens (tertiary/aromatic N) is 2. The predicted molar refractivity (Wildman–Crippen MR) is 85.8 cm³/mol. The Balaban J connectivity index is 1.79. The van der Waals surface area contributed by atoms with Crippen LogP contribution in [0.4, 0.5) is 5.69 Å². The van der Waals surface area contributed by atoms with Crippen molar-refractivity contribution in [2.24, 2.45) is 0 Å². The number of pyridine rings is 1. The van der Waals surface area contributed by atoms with Gasteiger partial charge >= 0.3 is 0 Å². The van der Waals surface area contributed by atoms with Crippen molar-refractivity contribution in [1.82, 2.24) is 9.97 Å². The van der Waals surface area contributed by atoms with E-state index in [0.29, 0.717) is 5.19 Å². The topological polar surface area (TPSA) is 61.0 Å². The molecule has 0 fully saturated rings. The van der Waals surface area contributed by atoms with E-state index in [1.807, 2.05) is 48.5 Å². The number of thiazole rings is 1. The van der Waals surface area contributed by atoms with Crippen LogP contribution in [0.3, 0.4) is 0 Å². The van der Waals surface area contributed by atoms with Crippen molar-refractivity contribution in [2.75, 3.05) is 5.73 Å². The fraction of sp³-hybridized carbons (Fsp3) is 0. The van der Waals surface area contributed by atoms with Crippen molar-refractivity contribution in [1.29, 1.82) is 0 Å². The van der Waals surface area contributed by atoms with E-state index in [0.717, 1.165) is 32.6 Å². The number of anilines is 1. The Morgan fingerprint density at radius 2 is 1.95 bits per heavy atom. The van der Waals surface area contributed by atoms with E-state index in [-0.39, 0.29) is 0 Å². The van der Waals surface area contributed by atoms with Gasteiger partial charge in [0.25, 0.3) is 5.19 Å². The molecule has 4 aromatic rings. The molecule has 0 bridgehead atoms. The minimum absolute atomic E-state index is 0.604. The van der Waals surface area contributed by atoms with E-state index in [9.17, 15) is 0 Å².